The van der Waals surface area contributed by atoms with Crippen LogP contribution >= 0.6 is 0 Å². The first kappa shape index (κ1) is 11.0. The lowest BCUT2D eigenvalue weighted by atomic mass is 10.1. The fourth-order valence-corrected chi connectivity index (χ4v) is 2.44. The maximum atomic E-state index is 5.68. The third-order valence-corrected chi connectivity index (χ3v) is 3.30. The molecule has 0 aliphatic carbocycles. The Morgan fingerprint density at radius 2 is 2.00 bits per heavy atom. The summed E-state index contributed by atoms with van der Waals surface area (Å²) in [7, 11) is 0. The van der Waals surface area contributed by atoms with Crippen LogP contribution in [0, 0.1) is 0 Å². The molecule has 1 aromatic heterocycles. The Kier molecular flexibility index (Phi) is 2.84. The molecule has 0 amide bonds. The summed E-state index contributed by atoms with van der Waals surface area (Å²) in [6.45, 7) is 0.980. The monoisotopic (exact) mass is 240 g/mol. The van der Waals surface area contributed by atoms with E-state index in [4.69, 9.17) is 5.73 Å². The number of para-hydroxylation sites is 1. The molecule has 0 saturated heterocycles. The Morgan fingerprint density at radius 1 is 1.11 bits per heavy atom. The van der Waals surface area contributed by atoms with Crippen molar-refractivity contribution in [3.8, 4) is 0 Å². The van der Waals surface area contributed by atoms with E-state index in [1.807, 2.05) is 6.07 Å². The number of nitrogen functional groups attached to an aromatic ring is 1. The van der Waals surface area contributed by atoms with Gasteiger partial charge in [-0.05, 0) is 37.0 Å². The molecule has 2 N–H and O–H groups in total. The highest BCUT2D eigenvalue weighted by Gasteiger charge is 2.17. The first-order chi connectivity index (χ1) is 8.84. The predicted molar refractivity (Wildman–Crippen MR) is 72.8 cm³/mol. The second kappa shape index (κ2) is 4.64. The third kappa shape index (κ3) is 2.01. The lowest BCUT2D eigenvalue weighted by Gasteiger charge is -2.23. The SMILES string of the molecule is Nc1nccc(N2CCCCc3ccccc32)n1. The van der Waals surface area contributed by atoms with Gasteiger partial charge in [-0.3, -0.25) is 0 Å². The van der Waals surface area contributed by atoms with E-state index < -0.39 is 0 Å². The number of fused-ring (bicyclic) bond motifs is 1. The topological polar surface area (TPSA) is 55.0 Å². The number of benzene rings is 1. The van der Waals surface area contributed by atoms with Crippen LogP contribution in [0.25, 0.3) is 0 Å². The normalized spacial score (nSPS) is 15.0. The van der Waals surface area contributed by atoms with E-state index in [0.29, 0.717) is 5.95 Å². The number of anilines is 3. The molecular formula is C14H16N4. The maximum absolute atomic E-state index is 5.68. The molecule has 2 heterocycles. The van der Waals surface area contributed by atoms with Crippen molar-refractivity contribution in [3.05, 3.63) is 42.1 Å². The van der Waals surface area contributed by atoms with Crippen molar-refractivity contribution in [1.29, 1.82) is 0 Å². The Labute approximate surface area is 106 Å². The summed E-state index contributed by atoms with van der Waals surface area (Å²) in [5, 5.41) is 0. The highest BCUT2D eigenvalue weighted by atomic mass is 15.2. The molecule has 18 heavy (non-hydrogen) atoms. The highest BCUT2D eigenvalue weighted by Crippen LogP contribution is 2.31. The summed E-state index contributed by atoms with van der Waals surface area (Å²) >= 11 is 0. The minimum Gasteiger partial charge on any atom is -0.368 e. The van der Waals surface area contributed by atoms with Crippen LogP contribution in [0.2, 0.25) is 0 Å². The number of nitrogens with two attached hydrogens (primary N) is 1. The Hall–Kier alpha value is -2.10. The van der Waals surface area contributed by atoms with E-state index in [2.05, 4.69) is 39.1 Å². The van der Waals surface area contributed by atoms with Gasteiger partial charge in [-0.1, -0.05) is 18.2 Å². The van der Waals surface area contributed by atoms with Gasteiger partial charge in [0.15, 0.2) is 0 Å². The van der Waals surface area contributed by atoms with E-state index in [-0.39, 0.29) is 0 Å². The zero-order valence-electron chi connectivity index (χ0n) is 10.2. The second-order valence-corrected chi connectivity index (χ2v) is 4.51. The summed E-state index contributed by atoms with van der Waals surface area (Å²) in [5.41, 5.74) is 8.30. The fraction of sp³-hybridized carbons (Fsp3) is 0.286. The predicted octanol–water partition coefficient (Wildman–Crippen LogP) is 2.53. The summed E-state index contributed by atoms with van der Waals surface area (Å²) in [6, 6.07) is 10.4. The first-order valence-electron chi connectivity index (χ1n) is 6.28. The molecule has 92 valence electrons. The Balaban J connectivity index is 2.06. The molecule has 1 aromatic carbocycles. The van der Waals surface area contributed by atoms with Gasteiger partial charge in [0.05, 0.1) is 0 Å². The van der Waals surface area contributed by atoms with Crippen molar-refractivity contribution in [2.45, 2.75) is 19.3 Å². The third-order valence-electron chi connectivity index (χ3n) is 3.30. The molecule has 0 fully saturated rings. The summed E-state index contributed by atoms with van der Waals surface area (Å²) < 4.78 is 0. The Bertz CT molecular complexity index is 553. The van der Waals surface area contributed by atoms with Gasteiger partial charge in [0.2, 0.25) is 5.95 Å². The van der Waals surface area contributed by atoms with E-state index >= 15 is 0 Å². The number of hydrogen-bond acceptors (Lipinski definition) is 4. The minimum atomic E-state index is 0.328. The molecule has 3 rings (SSSR count). The van der Waals surface area contributed by atoms with Crippen molar-refractivity contribution in [2.75, 3.05) is 17.2 Å². The van der Waals surface area contributed by atoms with Gasteiger partial charge in [0.25, 0.3) is 0 Å². The van der Waals surface area contributed by atoms with Crippen LogP contribution < -0.4 is 10.6 Å². The van der Waals surface area contributed by atoms with Gasteiger partial charge in [-0.25, -0.2) is 4.98 Å². The van der Waals surface area contributed by atoms with Gasteiger partial charge in [-0.15, -0.1) is 0 Å². The van der Waals surface area contributed by atoms with E-state index in [1.165, 1.54) is 24.1 Å². The van der Waals surface area contributed by atoms with Gasteiger partial charge in [0, 0.05) is 18.4 Å². The number of aryl methyl sites for hydroxylation is 1. The Morgan fingerprint density at radius 3 is 2.89 bits per heavy atom. The van der Waals surface area contributed by atoms with E-state index in [0.717, 1.165) is 18.8 Å². The van der Waals surface area contributed by atoms with Crippen LogP contribution in [0.1, 0.15) is 18.4 Å². The average Bonchev–Trinajstić information content (AvgIpc) is 2.61. The number of rotatable bonds is 1. The lowest BCUT2D eigenvalue weighted by Crippen LogP contribution is -2.19. The highest BCUT2D eigenvalue weighted by molar-refractivity contribution is 5.64. The zero-order valence-corrected chi connectivity index (χ0v) is 10.2. The quantitative estimate of drug-likeness (QED) is 0.832. The van der Waals surface area contributed by atoms with Crippen LogP contribution in [0.3, 0.4) is 0 Å². The zero-order chi connectivity index (χ0) is 12.4. The molecule has 0 atom stereocenters. The summed E-state index contributed by atoms with van der Waals surface area (Å²) in [5.74, 6) is 1.21. The molecule has 4 heteroatoms. The van der Waals surface area contributed by atoms with Gasteiger partial charge in [0.1, 0.15) is 5.82 Å². The molecule has 4 nitrogen and oxygen atoms in total. The van der Waals surface area contributed by atoms with Crippen LogP contribution in [-0.2, 0) is 6.42 Å². The fourth-order valence-electron chi connectivity index (χ4n) is 2.44. The molecule has 1 aliphatic rings. The molecule has 0 spiro atoms. The van der Waals surface area contributed by atoms with Crippen molar-refractivity contribution < 1.29 is 0 Å². The van der Waals surface area contributed by atoms with E-state index in [1.54, 1.807) is 6.20 Å². The number of aromatic nitrogens is 2. The first-order valence-corrected chi connectivity index (χ1v) is 6.28. The molecular weight excluding hydrogens is 224 g/mol. The van der Waals surface area contributed by atoms with Crippen molar-refractivity contribution in [2.24, 2.45) is 0 Å². The van der Waals surface area contributed by atoms with E-state index in [9.17, 15) is 0 Å². The van der Waals surface area contributed by atoms with Crippen molar-refractivity contribution in [1.82, 2.24) is 9.97 Å². The van der Waals surface area contributed by atoms with Gasteiger partial charge < -0.3 is 10.6 Å². The number of hydrogen-bond donors (Lipinski definition) is 1. The molecule has 1 aliphatic heterocycles. The van der Waals surface area contributed by atoms with Gasteiger partial charge in [-0.2, -0.15) is 4.98 Å². The smallest absolute Gasteiger partial charge is 0.221 e. The largest absolute Gasteiger partial charge is 0.368 e. The molecule has 0 bridgehead atoms. The van der Waals surface area contributed by atoms with Crippen molar-refractivity contribution in [3.63, 3.8) is 0 Å². The number of nitrogens with zero attached hydrogens (tertiary/aromatic N) is 3. The lowest BCUT2D eigenvalue weighted by molar-refractivity contribution is 0.757. The summed E-state index contributed by atoms with van der Waals surface area (Å²) in [6.07, 6.45) is 5.23. The molecule has 0 saturated carbocycles. The average molecular weight is 240 g/mol. The van der Waals surface area contributed by atoms with Crippen LogP contribution in [0.5, 0.6) is 0 Å². The van der Waals surface area contributed by atoms with Crippen LogP contribution in [0.15, 0.2) is 36.5 Å². The van der Waals surface area contributed by atoms with Crippen molar-refractivity contribution >= 4 is 17.5 Å². The summed E-state index contributed by atoms with van der Waals surface area (Å²) in [4.78, 5) is 10.5. The molecule has 0 unspecified atom stereocenters. The van der Waals surface area contributed by atoms with Crippen LogP contribution in [-0.4, -0.2) is 16.5 Å². The van der Waals surface area contributed by atoms with Crippen LogP contribution in [0.4, 0.5) is 17.5 Å². The second-order valence-electron chi connectivity index (χ2n) is 4.51. The standard InChI is InChI=1S/C14H16N4/c15-14-16-9-8-13(17-14)18-10-4-3-6-11-5-1-2-7-12(11)18/h1-2,5,7-9H,3-4,6,10H2,(H2,15,16,17). The molecule has 2 aromatic rings. The van der Waals surface area contributed by atoms with Gasteiger partial charge >= 0.3 is 0 Å². The molecule has 0 radical (unpaired) electrons. The minimum absolute atomic E-state index is 0.328. The maximum Gasteiger partial charge on any atom is 0.221 e.